The highest BCUT2D eigenvalue weighted by molar-refractivity contribution is 6.24. The van der Waals surface area contributed by atoms with Crippen LogP contribution in [0.2, 0.25) is 0 Å². The van der Waals surface area contributed by atoms with Crippen LogP contribution in [0.4, 0.5) is 10.1 Å². The number of ketones is 2. The van der Waals surface area contributed by atoms with Gasteiger partial charge >= 0.3 is 0 Å². The lowest BCUT2D eigenvalue weighted by atomic mass is 9.57. The first-order valence-electron chi connectivity index (χ1n) is 14.5. The summed E-state index contributed by atoms with van der Waals surface area (Å²) in [5.41, 5.74) is 0.345. The van der Waals surface area contributed by atoms with Crippen LogP contribution >= 0.6 is 0 Å². The normalized spacial score (nSPS) is 27.6. The van der Waals surface area contributed by atoms with Gasteiger partial charge in [-0.15, -0.1) is 0 Å². The number of halogens is 1. The van der Waals surface area contributed by atoms with E-state index in [0.29, 0.717) is 12.5 Å². The predicted octanol–water partition coefficient (Wildman–Crippen LogP) is 1.21. The summed E-state index contributed by atoms with van der Waals surface area (Å²) >= 11 is 0. The molecule has 2 fully saturated rings. The first-order valence-corrected chi connectivity index (χ1v) is 14.5. The first kappa shape index (κ1) is 30.6. The van der Waals surface area contributed by atoms with E-state index in [2.05, 4.69) is 10.6 Å². The number of anilines is 1. The minimum atomic E-state index is -2.80. The zero-order valence-electron chi connectivity index (χ0n) is 24.1. The number of rotatable bonds is 7. The van der Waals surface area contributed by atoms with E-state index in [4.69, 9.17) is 5.73 Å². The molecule has 1 aromatic rings. The van der Waals surface area contributed by atoms with Crippen LogP contribution < -0.4 is 16.4 Å². The number of hydrogen-bond donors (Lipinski definition) is 7. The number of carbonyl (C=O) groups is 4. The summed E-state index contributed by atoms with van der Waals surface area (Å²) in [5, 5.41) is 50.5. The Labute approximate surface area is 247 Å². The third-order valence-electron chi connectivity index (χ3n) is 9.38. The maximum atomic E-state index is 15.5. The second-order valence-corrected chi connectivity index (χ2v) is 12.3. The van der Waals surface area contributed by atoms with Gasteiger partial charge in [0.05, 0.1) is 23.8 Å². The van der Waals surface area contributed by atoms with Gasteiger partial charge in [-0.05, 0) is 58.2 Å². The molecule has 232 valence electrons. The number of phenolic OH excluding ortho intramolecular Hbond substituents is 1. The number of aliphatic hydroxyl groups excluding tert-OH is 2. The highest BCUT2D eigenvalue weighted by Crippen LogP contribution is 2.53. The van der Waals surface area contributed by atoms with Crippen LogP contribution in [0.25, 0.3) is 5.76 Å². The van der Waals surface area contributed by atoms with Crippen LogP contribution in [0, 0.1) is 23.6 Å². The molecule has 2 saturated carbocycles. The quantitative estimate of drug-likeness (QED) is 0.176. The summed E-state index contributed by atoms with van der Waals surface area (Å²) in [6.07, 6.45) is 5.33. The average molecular weight is 601 g/mol. The molecule has 0 aromatic heterocycles. The summed E-state index contributed by atoms with van der Waals surface area (Å²) in [6.45, 7) is 0.563. The molecular weight excluding hydrogens is 563 g/mol. The summed E-state index contributed by atoms with van der Waals surface area (Å²) in [7, 11) is 2.99. The topological polar surface area (TPSA) is 203 Å². The summed E-state index contributed by atoms with van der Waals surface area (Å²) < 4.78 is 15.5. The van der Waals surface area contributed by atoms with Gasteiger partial charge in [0.1, 0.15) is 22.9 Å². The molecule has 0 spiro atoms. The fourth-order valence-corrected chi connectivity index (χ4v) is 7.34. The average Bonchev–Trinajstić information content (AvgIpc) is 2.93. The van der Waals surface area contributed by atoms with Crippen LogP contribution in [-0.2, 0) is 25.6 Å². The Morgan fingerprint density at radius 2 is 1.81 bits per heavy atom. The molecule has 0 unspecified atom stereocenters. The Hall–Kier alpha value is -3.81. The molecule has 43 heavy (non-hydrogen) atoms. The van der Waals surface area contributed by atoms with Crippen molar-refractivity contribution in [1.82, 2.24) is 10.2 Å². The number of carbonyl (C=O) groups excluding carboxylic acids is 4. The van der Waals surface area contributed by atoms with E-state index in [-0.39, 0.29) is 30.6 Å². The molecule has 4 aliphatic carbocycles. The summed E-state index contributed by atoms with van der Waals surface area (Å²) in [6, 6.07) is -0.299. The van der Waals surface area contributed by atoms with Gasteiger partial charge in [0, 0.05) is 23.1 Å². The number of phenols is 1. The van der Waals surface area contributed by atoms with Crippen molar-refractivity contribution in [3.63, 3.8) is 0 Å². The Kier molecular flexibility index (Phi) is 8.09. The highest BCUT2D eigenvalue weighted by Gasteiger charge is 2.64. The maximum absolute atomic E-state index is 15.5. The van der Waals surface area contributed by atoms with Gasteiger partial charge in [-0.3, -0.25) is 24.1 Å². The van der Waals surface area contributed by atoms with Crippen molar-refractivity contribution in [2.45, 2.75) is 56.6 Å². The third-order valence-corrected chi connectivity index (χ3v) is 9.38. The summed E-state index contributed by atoms with van der Waals surface area (Å²) in [4.78, 5) is 53.1. The molecule has 4 atom stereocenters. The van der Waals surface area contributed by atoms with Gasteiger partial charge in [0.25, 0.3) is 5.91 Å². The van der Waals surface area contributed by atoms with E-state index in [1.165, 1.54) is 25.4 Å². The first-order chi connectivity index (χ1) is 20.3. The molecule has 0 bridgehead atoms. The largest absolute Gasteiger partial charge is 0.508 e. The smallest absolute Gasteiger partial charge is 0.255 e. The lowest BCUT2D eigenvalue weighted by molar-refractivity contribution is -0.153. The lowest BCUT2D eigenvalue weighted by Crippen LogP contribution is -2.65. The minimum Gasteiger partial charge on any atom is -0.508 e. The molecule has 8 N–H and O–H groups in total. The molecule has 0 radical (unpaired) electrons. The Balaban J connectivity index is 1.48. The predicted molar refractivity (Wildman–Crippen MR) is 152 cm³/mol. The second kappa shape index (κ2) is 11.4. The standard InChI is InChI=1S/C30H37FN4O8/c1-35(2)23-16-9-14-8-15-17(31)10-18(34-19(36)12-33-11-13-6-4-3-5-7-13)24(37)21(15)25(38)20(14)27(40)30(16,43)28(41)22(26(23)39)29(32)42/h10,13-14,16,23,33,37-38,41,43H,3-9,11-12H2,1-2H3,(H2,32,42)(H,34,36)/t14-,16-,23-,30-/m0/s1. The molecular formula is C30H37FN4O8. The van der Waals surface area contributed by atoms with Crippen molar-refractivity contribution in [3.05, 3.63) is 39.9 Å². The highest BCUT2D eigenvalue weighted by atomic mass is 19.1. The number of aliphatic hydroxyl groups is 3. The molecule has 0 saturated heterocycles. The van der Waals surface area contributed by atoms with Gasteiger partial charge in [-0.1, -0.05) is 19.3 Å². The fourth-order valence-electron chi connectivity index (χ4n) is 7.34. The number of fused-ring (bicyclic) bond motifs is 3. The van der Waals surface area contributed by atoms with Gasteiger partial charge in [-0.25, -0.2) is 4.39 Å². The second-order valence-electron chi connectivity index (χ2n) is 12.3. The number of Topliss-reactive ketones (excluding diaryl/α,β-unsaturated/α-hetero) is 2. The van der Waals surface area contributed by atoms with E-state index in [1.807, 2.05) is 0 Å². The molecule has 0 aliphatic heterocycles. The number of hydrogen-bond acceptors (Lipinski definition) is 10. The van der Waals surface area contributed by atoms with Gasteiger partial charge < -0.3 is 36.8 Å². The van der Waals surface area contributed by atoms with E-state index in [9.17, 15) is 39.6 Å². The Morgan fingerprint density at radius 3 is 2.44 bits per heavy atom. The van der Waals surface area contributed by atoms with E-state index < -0.39 is 86.7 Å². The van der Waals surface area contributed by atoms with Crippen molar-refractivity contribution in [2.75, 3.05) is 32.5 Å². The van der Waals surface area contributed by atoms with Crippen LogP contribution in [0.5, 0.6) is 5.75 Å². The number of nitrogens with two attached hydrogens (primary N) is 1. The van der Waals surface area contributed by atoms with Crippen LogP contribution in [-0.4, -0.2) is 87.5 Å². The van der Waals surface area contributed by atoms with Crippen LogP contribution in [0.3, 0.4) is 0 Å². The van der Waals surface area contributed by atoms with Crippen molar-refractivity contribution >= 4 is 34.8 Å². The number of benzene rings is 1. The number of aromatic hydroxyl groups is 1. The monoisotopic (exact) mass is 600 g/mol. The number of nitrogens with zero attached hydrogens (tertiary/aromatic N) is 1. The van der Waals surface area contributed by atoms with Crippen LogP contribution in [0.1, 0.15) is 49.7 Å². The van der Waals surface area contributed by atoms with Gasteiger partial charge in [-0.2, -0.15) is 0 Å². The number of amides is 2. The zero-order valence-corrected chi connectivity index (χ0v) is 24.1. The Bertz CT molecular complexity index is 1460. The number of nitrogens with one attached hydrogen (secondary N) is 2. The maximum Gasteiger partial charge on any atom is 0.255 e. The lowest BCUT2D eigenvalue weighted by Gasteiger charge is -2.50. The SMILES string of the molecule is CN(C)[C@@H]1C(=O)C(C(N)=O)=C(O)[C@@]2(O)C(=O)C3=C(O)c4c(O)c(NC(=O)CNCC5CCCCC5)cc(F)c4C[C@H]3C[C@@H]12. The van der Waals surface area contributed by atoms with Crippen molar-refractivity contribution in [1.29, 1.82) is 0 Å². The molecule has 1 aromatic carbocycles. The number of likely N-dealkylation sites (N-methyl/N-ethyl adjacent to an activating group) is 1. The molecule has 12 nitrogen and oxygen atoms in total. The van der Waals surface area contributed by atoms with Crippen LogP contribution in [0.15, 0.2) is 23.0 Å². The molecule has 5 rings (SSSR count). The zero-order chi connectivity index (χ0) is 31.4. The summed E-state index contributed by atoms with van der Waals surface area (Å²) in [5.74, 6) is -9.21. The third kappa shape index (κ3) is 4.98. The Morgan fingerprint density at radius 1 is 1.14 bits per heavy atom. The van der Waals surface area contributed by atoms with E-state index in [0.717, 1.165) is 31.7 Å². The molecule has 4 aliphatic rings. The minimum absolute atomic E-state index is 0.0870. The van der Waals surface area contributed by atoms with Gasteiger partial charge in [0.2, 0.25) is 11.7 Å². The molecule has 2 amide bonds. The van der Waals surface area contributed by atoms with E-state index in [1.54, 1.807) is 0 Å². The van der Waals surface area contributed by atoms with Crippen molar-refractivity contribution in [2.24, 2.45) is 23.5 Å². The van der Waals surface area contributed by atoms with Crippen molar-refractivity contribution in [3.8, 4) is 5.75 Å². The number of primary amides is 1. The molecule has 13 heteroatoms. The fraction of sp³-hybridized carbons (Fsp3) is 0.533. The van der Waals surface area contributed by atoms with Crippen molar-refractivity contribution < 1.29 is 44.0 Å². The molecule has 0 heterocycles. The van der Waals surface area contributed by atoms with E-state index >= 15 is 4.39 Å². The van der Waals surface area contributed by atoms with Gasteiger partial charge in [0.15, 0.2) is 17.1 Å².